The first-order chi connectivity index (χ1) is 8.85. The van der Waals surface area contributed by atoms with E-state index in [1.807, 2.05) is 11.8 Å². The smallest absolute Gasteiger partial charge is 0.232 e. The number of hydrogen-bond donors (Lipinski definition) is 0. The summed E-state index contributed by atoms with van der Waals surface area (Å²) in [6.07, 6.45) is 2.66. The number of amides is 1. The topological polar surface area (TPSA) is 20.3 Å². The molecule has 1 aromatic rings. The third-order valence-corrected chi connectivity index (χ3v) is 6.54. The van der Waals surface area contributed by atoms with Crippen LogP contribution in [0.3, 0.4) is 0 Å². The minimum atomic E-state index is -0.872. The van der Waals surface area contributed by atoms with Crippen molar-refractivity contribution in [3.8, 4) is 0 Å². The first-order valence-corrected chi connectivity index (χ1v) is 8.18. The van der Waals surface area contributed by atoms with Gasteiger partial charge in [0.25, 0.3) is 0 Å². The zero-order chi connectivity index (χ0) is 13.8. The average molecular weight is 318 g/mol. The maximum Gasteiger partial charge on any atom is 0.232 e. The summed E-state index contributed by atoms with van der Waals surface area (Å²) in [4.78, 5) is 17.2. The van der Waals surface area contributed by atoms with Crippen LogP contribution in [0.5, 0.6) is 0 Å². The van der Waals surface area contributed by atoms with Gasteiger partial charge in [-0.05, 0) is 45.2 Å². The van der Waals surface area contributed by atoms with Crippen molar-refractivity contribution in [2.75, 3.05) is 6.54 Å². The number of carbonyl (C=O) groups is 1. The van der Waals surface area contributed by atoms with Crippen LogP contribution in [0.4, 0.5) is 0 Å². The minimum Gasteiger partial charge on any atom is -0.334 e. The lowest BCUT2D eigenvalue weighted by molar-refractivity contribution is -0.137. The van der Waals surface area contributed by atoms with Crippen LogP contribution in [0.1, 0.15) is 42.0 Å². The monoisotopic (exact) mass is 317 g/mol. The van der Waals surface area contributed by atoms with Gasteiger partial charge in [-0.25, -0.2) is 0 Å². The second kappa shape index (κ2) is 4.37. The highest BCUT2D eigenvalue weighted by molar-refractivity contribution is 7.12. The van der Waals surface area contributed by atoms with Crippen molar-refractivity contribution in [2.45, 2.75) is 43.5 Å². The molecule has 1 aliphatic carbocycles. The molecule has 19 heavy (non-hydrogen) atoms. The molecule has 2 nitrogen and oxygen atoms in total. The van der Waals surface area contributed by atoms with E-state index in [-0.39, 0.29) is 11.9 Å². The maximum atomic E-state index is 12.7. The highest BCUT2D eigenvalue weighted by atomic mass is 35.5. The summed E-state index contributed by atoms with van der Waals surface area (Å²) in [5, 5.41) is 0. The molecular formula is C14H17Cl2NOS. The van der Waals surface area contributed by atoms with E-state index in [0.717, 1.165) is 19.4 Å². The molecular weight excluding hydrogens is 301 g/mol. The summed E-state index contributed by atoms with van der Waals surface area (Å²) >= 11 is 14.1. The second-order valence-corrected chi connectivity index (χ2v) is 8.62. The molecule has 0 aromatic carbocycles. The van der Waals surface area contributed by atoms with Crippen LogP contribution in [0, 0.1) is 12.3 Å². The van der Waals surface area contributed by atoms with Crippen molar-refractivity contribution in [3.05, 3.63) is 21.9 Å². The molecule has 104 valence electrons. The van der Waals surface area contributed by atoms with E-state index in [1.54, 1.807) is 11.3 Å². The lowest BCUT2D eigenvalue weighted by Crippen LogP contribution is -2.37. The average Bonchev–Trinajstić information content (AvgIpc) is 2.80. The first kappa shape index (κ1) is 13.7. The molecule has 1 aliphatic heterocycles. The molecule has 1 saturated carbocycles. The van der Waals surface area contributed by atoms with E-state index >= 15 is 0 Å². The number of rotatable bonds is 2. The number of aryl methyl sites for hydroxylation is 1. The molecule has 2 unspecified atom stereocenters. The molecule has 2 fully saturated rings. The highest BCUT2D eigenvalue weighted by Gasteiger charge is 2.69. The Morgan fingerprint density at radius 1 is 1.47 bits per heavy atom. The molecule has 0 radical (unpaired) electrons. The fraction of sp³-hybridized carbons (Fsp3) is 0.643. The van der Waals surface area contributed by atoms with Gasteiger partial charge < -0.3 is 4.90 Å². The highest BCUT2D eigenvalue weighted by Crippen LogP contribution is 2.65. The van der Waals surface area contributed by atoms with Gasteiger partial charge in [0.2, 0.25) is 5.91 Å². The third-order valence-electron chi connectivity index (χ3n) is 4.33. The van der Waals surface area contributed by atoms with E-state index in [4.69, 9.17) is 23.2 Å². The molecule has 1 aromatic heterocycles. The summed E-state index contributed by atoms with van der Waals surface area (Å²) in [6.45, 7) is 4.80. The van der Waals surface area contributed by atoms with Gasteiger partial charge in [-0.2, -0.15) is 0 Å². The van der Waals surface area contributed by atoms with E-state index in [9.17, 15) is 4.79 Å². The predicted octanol–water partition coefficient (Wildman–Crippen LogP) is 4.30. The maximum absolute atomic E-state index is 12.7. The van der Waals surface area contributed by atoms with E-state index in [0.29, 0.717) is 6.42 Å². The van der Waals surface area contributed by atoms with Gasteiger partial charge in [0.1, 0.15) is 4.33 Å². The minimum absolute atomic E-state index is 0.117. The van der Waals surface area contributed by atoms with Crippen molar-refractivity contribution in [3.63, 3.8) is 0 Å². The molecule has 2 heterocycles. The van der Waals surface area contributed by atoms with Crippen LogP contribution in [-0.4, -0.2) is 21.7 Å². The summed E-state index contributed by atoms with van der Waals surface area (Å²) in [6, 6.07) is 4.47. The standard InChI is InChI=1S/C14H17Cl2NOS/c1-9-5-6-11(19-9)10-4-3-7-17(10)12(18)13(2)8-14(13,15)16/h5-6,10H,3-4,7-8H2,1-2H3. The lowest BCUT2D eigenvalue weighted by atomic mass is 10.1. The van der Waals surface area contributed by atoms with Crippen LogP contribution in [0.25, 0.3) is 0 Å². The Hall–Kier alpha value is -0.250. The number of likely N-dealkylation sites (tertiary alicyclic amines) is 1. The molecule has 5 heteroatoms. The molecule has 3 rings (SSSR count). The summed E-state index contributed by atoms with van der Waals surface area (Å²) in [5.41, 5.74) is -0.592. The van der Waals surface area contributed by atoms with Crippen molar-refractivity contribution in [1.82, 2.24) is 4.90 Å². The van der Waals surface area contributed by atoms with Crippen LogP contribution >= 0.6 is 34.5 Å². The Labute approximate surface area is 127 Å². The normalized spacial score (nSPS) is 32.6. The molecule has 0 spiro atoms. The number of halogens is 2. The molecule has 0 bridgehead atoms. The first-order valence-electron chi connectivity index (χ1n) is 6.60. The Kier molecular flexibility index (Phi) is 3.16. The summed E-state index contributed by atoms with van der Waals surface area (Å²) in [7, 11) is 0. The quantitative estimate of drug-likeness (QED) is 0.744. The second-order valence-electron chi connectivity index (χ2n) is 5.82. The molecule has 2 aliphatic rings. The van der Waals surface area contributed by atoms with Crippen molar-refractivity contribution >= 4 is 40.4 Å². The Morgan fingerprint density at radius 2 is 2.16 bits per heavy atom. The predicted molar refractivity (Wildman–Crippen MR) is 79.9 cm³/mol. The fourth-order valence-electron chi connectivity index (χ4n) is 2.89. The van der Waals surface area contributed by atoms with Crippen molar-refractivity contribution < 1.29 is 4.79 Å². The fourth-order valence-corrected chi connectivity index (χ4v) is 4.61. The molecule has 1 amide bonds. The number of carbonyl (C=O) groups excluding carboxylic acids is 1. The Balaban J connectivity index is 1.83. The SMILES string of the molecule is Cc1ccc(C2CCCN2C(=O)C2(C)CC2(Cl)Cl)s1. The van der Waals surface area contributed by atoms with Crippen LogP contribution in [0.15, 0.2) is 12.1 Å². The lowest BCUT2D eigenvalue weighted by Gasteiger charge is -2.27. The third kappa shape index (κ3) is 2.10. The van der Waals surface area contributed by atoms with E-state index < -0.39 is 9.75 Å². The molecule has 2 atom stereocenters. The molecule has 0 N–H and O–H groups in total. The van der Waals surface area contributed by atoms with Gasteiger partial charge in [-0.3, -0.25) is 4.79 Å². The Morgan fingerprint density at radius 3 is 2.68 bits per heavy atom. The summed E-state index contributed by atoms with van der Waals surface area (Å²) < 4.78 is -0.872. The van der Waals surface area contributed by atoms with Crippen molar-refractivity contribution in [2.24, 2.45) is 5.41 Å². The Bertz CT molecular complexity index is 527. The van der Waals surface area contributed by atoms with E-state index in [1.165, 1.54) is 9.75 Å². The number of hydrogen-bond acceptors (Lipinski definition) is 2. The van der Waals surface area contributed by atoms with E-state index in [2.05, 4.69) is 19.1 Å². The van der Waals surface area contributed by atoms with Crippen LogP contribution < -0.4 is 0 Å². The number of nitrogens with zero attached hydrogens (tertiary/aromatic N) is 1. The van der Waals surface area contributed by atoms with Gasteiger partial charge in [0.05, 0.1) is 11.5 Å². The van der Waals surface area contributed by atoms with Gasteiger partial charge >= 0.3 is 0 Å². The largest absolute Gasteiger partial charge is 0.334 e. The van der Waals surface area contributed by atoms with Gasteiger partial charge in [-0.15, -0.1) is 34.5 Å². The zero-order valence-corrected chi connectivity index (χ0v) is 13.4. The number of thiophene rings is 1. The van der Waals surface area contributed by atoms with Gasteiger partial charge in [-0.1, -0.05) is 0 Å². The van der Waals surface area contributed by atoms with Crippen LogP contribution in [0.2, 0.25) is 0 Å². The molecule has 1 saturated heterocycles. The van der Waals surface area contributed by atoms with Crippen molar-refractivity contribution in [1.29, 1.82) is 0 Å². The zero-order valence-electron chi connectivity index (χ0n) is 11.1. The van der Waals surface area contributed by atoms with Crippen LogP contribution in [-0.2, 0) is 4.79 Å². The van der Waals surface area contributed by atoms with Gasteiger partial charge in [0, 0.05) is 16.3 Å². The summed E-state index contributed by atoms with van der Waals surface area (Å²) in [5.74, 6) is 0.117. The van der Waals surface area contributed by atoms with Gasteiger partial charge in [0.15, 0.2) is 0 Å². The number of alkyl halides is 2.